The summed E-state index contributed by atoms with van der Waals surface area (Å²) in [4.78, 5) is 29.1. The number of Topliss-reactive ketones (excluding diaryl/α,β-unsaturated/α-hetero) is 1. The van der Waals surface area contributed by atoms with Gasteiger partial charge < -0.3 is 20.6 Å². The van der Waals surface area contributed by atoms with E-state index in [4.69, 9.17) is 15.5 Å². The van der Waals surface area contributed by atoms with Crippen LogP contribution in [0.4, 0.5) is 5.69 Å². The monoisotopic (exact) mass is 497 g/mol. The van der Waals surface area contributed by atoms with E-state index >= 15 is 0 Å². The molecule has 3 aromatic rings. The van der Waals surface area contributed by atoms with Gasteiger partial charge in [0.15, 0.2) is 0 Å². The van der Waals surface area contributed by atoms with Crippen molar-refractivity contribution in [1.29, 1.82) is 0 Å². The first-order valence-electron chi connectivity index (χ1n) is 13.2. The van der Waals surface area contributed by atoms with Crippen molar-refractivity contribution in [2.45, 2.75) is 51.0 Å². The molecule has 1 aromatic heterocycles. The highest BCUT2D eigenvalue weighted by Gasteiger charge is 2.35. The zero-order valence-electron chi connectivity index (χ0n) is 21.4. The molecular formula is C31H35N3O3. The number of anilines is 1. The van der Waals surface area contributed by atoms with Crippen molar-refractivity contribution in [3.05, 3.63) is 72.4 Å². The van der Waals surface area contributed by atoms with Gasteiger partial charge in [-0.15, -0.1) is 0 Å². The summed E-state index contributed by atoms with van der Waals surface area (Å²) in [7, 11) is 0. The number of hydrogen-bond acceptors (Lipinski definition) is 5. The number of amides is 1. The molecule has 2 aromatic carbocycles. The van der Waals surface area contributed by atoms with E-state index in [1.165, 1.54) is 0 Å². The Balaban J connectivity index is 1.31. The number of carbonyl (C=O) groups excluding carboxylic acids is 2. The first kappa shape index (κ1) is 25.3. The Hall–Kier alpha value is -3.35. The number of nitrogens with two attached hydrogens (primary N) is 1. The number of pyridine rings is 1. The van der Waals surface area contributed by atoms with Gasteiger partial charge in [0, 0.05) is 24.0 Å². The molecule has 0 bridgehead atoms. The smallest absolute Gasteiger partial charge is 0.224 e. The topological polar surface area (TPSA) is 94.3 Å². The molecular weight excluding hydrogens is 462 g/mol. The lowest BCUT2D eigenvalue weighted by atomic mass is 9.78. The maximum atomic E-state index is 12.9. The van der Waals surface area contributed by atoms with E-state index in [0.29, 0.717) is 43.6 Å². The zero-order valence-corrected chi connectivity index (χ0v) is 21.4. The Labute approximate surface area is 218 Å². The van der Waals surface area contributed by atoms with Crippen LogP contribution in [0.15, 0.2) is 66.9 Å². The molecule has 6 nitrogen and oxygen atoms in total. The summed E-state index contributed by atoms with van der Waals surface area (Å²) in [5.74, 6) is 1.13. The fraction of sp³-hybridized carbons (Fsp3) is 0.387. The molecule has 2 heterocycles. The largest absolute Gasteiger partial charge is 0.377 e. The Morgan fingerprint density at radius 2 is 1.59 bits per heavy atom. The lowest BCUT2D eigenvalue weighted by molar-refractivity contribution is -0.119. The fourth-order valence-electron chi connectivity index (χ4n) is 5.57. The van der Waals surface area contributed by atoms with Gasteiger partial charge in [0.1, 0.15) is 5.78 Å². The van der Waals surface area contributed by atoms with Gasteiger partial charge in [0.25, 0.3) is 0 Å². The Bertz CT molecular complexity index is 1240. The summed E-state index contributed by atoms with van der Waals surface area (Å²) < 4.78 is 5.31. The van der Waals surface area contributed by atoms with E-state index in [1.54, 1.807) is 13.1 Å². The maximum Gasteiger partial charge on any atom is 0.224 e. The third kappa shape index (κ3) is 5.97. The number of nitrogens with one attached hydrogen (secondary N) is 1. The minimum Gasteiger partial charge on any atom is -0.377 e. The number of benzene rings is 2. The number of rotatable bonds is 8. The standard InChI is InChI=1S/C31H35N3O3/c1-21(35)15-22-7-9-23(10-8-22)16-29(36)34-27-17-28(24-5-3-2-4-6-24)30(33-18-27)25-11-13-26(14-12-25)31(32)19-37-20-31/h2-6,11-14,17-18,22-23H,7-10,15-16,19-20,32H2,1H3,(H,34,36). The number of nitrogens with zero attached hydrogens (tertiary/aromatic N) is 1. The molecule has 0 radical (unpaired) electrons. The minimum atomic E-state index is -0.408. The van der Waals surface area contributed by atoms with Crippen LogP contribution in [0.2, 0.25) is 0 Å². The molecule has 0 unspecified atom stereocenters. The van der Waals surface area contributed by atoms with Crippen LogP contribution in [0, 0.1) is 11.8 Å². The van der Waals surface area contributed by atoms with Gasteiger partial charge in [-0.3, -0.25) is 9.78 Å². The molecule has 1 saturated carbocycles. The lowest BCUT2D eigenvalue weighted by Crippen LogP contribution is -2.54. The van der Waals surface area contributed by atoms with Crippen LogP contribution in [-0.4, -0.2) is 29.9 Å². The average Bonchev–Trinajstić information content (AvgIpc) is 2.89. The predicted molar refractivity (Wildman–Crippen MR) is 146 cm³/mol. The van der Waals surface area contributed by atoms with E-state index in [9.17, 15) is 9.59 Å². The molecule has 192 valence electrons. The SMILES string of the molecule is CC(=O)CC1CCC(CC(=O)Nc2cnc(-c3ccc(C4(N)COC4)cc3)c(-c3ccccc3)c2)CC1. The normalized spacial score (nSPS) is 20.6. The van der Waals surface area contributed by atoms with Crippen molar-refractivity contribution in [3.63, 3.8) is 0 Å². The summed E-state index contributed by atoms with van der Waals surface area (Å²) in [5, 5.41) is 3.08. The molecule has 1 aliphatic carbocycles. The van der Waals surface area contributed by atoms with Gasteiger partial charge in [-0.1, -0.05) is 54.6 Å². The highest BCUT2D eigenvalue weighted by Crippen LogP contribution is 2.35. The van der Waals surface area contributed by atoms with Crippen LogP contribution in [0.25, 0.3) is 22.4 Å². The van der Waals surface area contributed by atoms with E-state index < -0.39 is 5.54 Å². The van der Waals surface area contributed by atoms with E-state index in [0.717, 1.165) is 53.6 Å². The van der Waals surface area contributed by atoms with Crippen LogP contribution in [0.1, 0.15) is 51.0 Å². The van der Waals surface area contributed by atoms with Gasteiger partial charge >= 0.3 is 0 Å². The van der Waals surface area contributed by atoms with Crippen molar-refractivity contribution in [3.8, 4) is 22.4 Å². The molecule has 3 N–H and O–H groups in total. The molecule has 37 heavy (non-hydrogen) atoms. The average molecular weight is 498 g/mol. The Morgan fingerprint density at radius 1 is 0.946 bits per heavy atom. The number of carbonyl (C=O) groups is 2. The first-order chi connectivity index (χ1) is 17.9. The van der Waals surface area contributed by atoms with Gasteiger partial charge in [0.05, 0.1) is 36.3 Å². The van der Waals surface area contributed by atoms with Gasteiger partial charge in [-0.2, -0.15) is 0 Å². The molecule has 2 aliphatic rings. The van der Waals surface area contributed by atoms with Gasteiger partial charge in [0.2, 0.25) is 5.91 Å². The van der Waals surface area contributed by atoms with Crippen LogP contribution in [0.5, 0.6) is 0 Å². The summed E-state index contributed by atoms with van der Waals surface area (Å²) in [6.07, 6.45) is 6.98. The maximum absolute atomic E-state index is 12.9. The second-order valence-corrected chi connectivity index (χ2v) is 10.8. The van der Waals surface area contributed by atoms with E-state index in [2.05, 4.69) is 41.7 Å². The quantitative estimate of drug-likeness (QED) is 0.415. The number of ketones is 1. The summed E-state index contributed by atoms with van der Waals surface area (Å²) >= 11 is 0. The van der Waals surface area contributed by atoms with Crippen LogP contribution in [0.3, 0.4) is 0 Å². The van der Waals surface area contributed by atoms with Crippen molar-refractivity contribution in [2.75, 3.05) is 18.5 Å². The second-order valence-electron chi connectivity index (χ2n) is 10.8. The summed E-state index contributed by atoms with van der Waals surface area (Å²) in [6.45, 7) is 2.74. The van der Waals surface area contributed by atoms with Crippen molar-refractivity contribution < 1.29 is 14.3 Å². The lowest BCUT2D eigenvalue weighted by Gasteiger charge is -2.38. The molecule has 1 amide bonds. The highest BCUT2D eigenvalue weighted by molar-refractivity contribution is 5.93. The number of hydrogen-bond donors (Lipinski definition) is 2. The van der Waals surface area contributed by atoms with Gasteiger partial charge in [-0.25, -0.2) is 0 Å². The van der Waals surface area contributed by atoms with Crippen LogP contribution >= 0.6 is 0 Å². The number of aromatic nitrogens is 1. The highest BCUT2D eigenvalue weighted by atomic mass is 16.5. The summed E-state index contributed by atoms with van der Waals surface area (Å²) in [6, 6.07) is 20.3. The molecule has 1 saturated heterocycles. The predicted octanol–water partition coefficient (Wildman–Crippen LogP) is 5.71. The first-order valence-corrected chi connectivity index (χ1v) is 13.2. The minimum absolute atomic E-state index is 0.0175. The third-order valence-corrected chi connectivity index (χ3v) is 7.73. The number of ether oxygens (including phenoxy) is 1. The molecule has 2 fully saturated rings. The second kappa shape index (κ2) is 11.0. The molecule has 0 atom stereocenters. The van der Waals surface area contributed by atoms with E-state index in [-0.39, 0.29) is 11.7 Å². The van der Waals surface area contributed by atoms with Crippen molar-refractivity contribution in [2.24, 2.45) is 17.6 Å². The Morgan fingerprint density at radius 3 is 2.19 bits per heavy atom. The summed E-state index contributed by atoms with van der Waals surface area (Å²) in [5.41, 5.74) is 11.6. The zero-order chi connectivity index (χ0) is 25.8. The third-order valence-electron chi connectivity index (χ3n) is 7.73. The van der Waals surface area contributed by atoms with Crippen molar-refractivity contribution in [1.82, 2.24) is 4.98 Å². The molecule has 5 rings (SSSR count). The van der Waals surface area contributed by atoms with Gasteiger partial charge in [-0.05, 0) is 61.6 Å². The molecule has 1 aliphatic heterocycles. The Kier molecular flexibility index (Phi) is 7.49. The van der Waals surface area contributed by atoms with E-state index in [1.807, 2.05) is 24.3 Å². The van der Waals surface area contributed by atoms with Crippen LogP contribution in [-0.2, 0) is 19.9 Å². The van der Waals surface area contributed by atoms with Crippen LogP contribution < -0.4 is 11.1 Å². The molecule has 6 heteroatoms. The molecule has 0 spiro atoms. The van der Waals surface area contributed by atoms with Crippen molar-refractivity contribution >= 4 is 17.4 Å². The fourth-order valence-corrected chi connectivity index (χ4v) is 5.57.